The summed E-state index contributed by atoms with van der Waals surface area (Å²) in [6.07, 6.45) is 0. The van der Waals surface area contributed by atoms with Gasteiger partial charge in [0.2, 0.25) is 5.91 Å². The van der Waals surface area contributed by atoms with Gasteiger partial charge in [-0.2, -0.15) is 0 Å². The fraction of sp³-hybridized carbons (Fsp3) is 0.222. The summed E-state index contributed by atoms with van der Waals surface area (Å²) >= 11 is 9.21. The Hall–Kier alpha value is -1.85. The minimum absolute atomic E-state index is 0.0609. The van der Waals surface area contributed by atoms with Gasteiger partial charge in [-0.25, -0.2) is 0 Å². The van der Waals surface area contributed by atoms with Crippen molar-refractivity contribution in [3.63, 3.8) is 0 Å². The largest absolute Gasteiger partial charge is 0.343 e. The van der Waals surface area contributed by atoms with Crippen LogP contribution in [0.4, 0.5) is 0 Å². The van der Waals surface area contributed by atoms with Gasteiger partial charge in [0.1, 0.15) is 0 Å². The molecule has 0 fully saturated rings. The van der Waals surface area contributed by atoms with Crippen LogP contribution in [0.2, 0.25) is 5.02 Å². The zero-order valence-corrected chi connectivity index (χ0v) is 15.8. The summed E-state index contributed by atoms with van der Waals surface area (Å²) in [7, 11) is 1.71. The van der Waals surface area contributed by atoms with Gasteiger partial charge in [0, 0.05) is 16.5 Å². The first-order chi connectivity index (χ1) is 11.4. The van der Waals surface area contributed by atoms with E-state index in [2.05, 4.69) is 21.2 Å². The van der Waals surface area contributed by atoms with E-state index in [0.29, 0.717) is 15.1 Å². The minimum Gasteiger partial charge on any atom is -0.343 e. The van der Waals surface area contributed by atoms with Crippen LogP contribution in [0, 0.1) is 0 Å². The third kappa shape index (κ3) is 4.58. The van der Waals surface area contributed by atoms with E-state index in [0.717, 1.165) is 5.56 Å². The van der Waals surface area contributed by atoms with Crippen LogP contribution < -0.4 is 5.32 Å². The lowest BCUT2D eigenvalue weighted by molar-refractivity contribution is -0.130. The topological polar surface area (TPSA) is 49.4 Å². The van der Waals surface area contributed by atoms with Crippen molar-refractivity contribution >= 4 is 39.3 Å². The standard InChI is InChI=1S/C18H18BrClN2O2/c1-12(13-7-9-14(20)10-8-13)22(2)17(23)11-21-18(24)15-5-3-4-6-16(15)19/h3-10,12H,11H2,1-2H3,(H,21,24). The summed E-state index contributed by atoms with van der Waals surface area (Å²) in [5, 5.41) is 3.31. The van der Waals surface area contributed by atoms with Crippen molar-refractivity contribution in [2.45, 2.75) is 13.0 Å². The Balaban J connectivity index is 1.95. The molecule has 0 aliphatic carbocycles. The van der Waals surface area contributed by atoms with E-state index in [1.54, 1.807) is 42.3 Å². The number of nitrogens with one attached hydrogen (secondary N) is 1. The SMILES string of the molecule is CC(c1ccc(Cl)cc1)N(C)C(=O)CNC(=O)c1ccccc1Br. The molecule has 0 radical (unpaired) electrons. The molecule has 1 unspecified atom stereocenters. The number of carbonyl (C=O) groups is 2. The van der Waals surface area contributed by atoms with Crippen LogP contribution in [0.15, 0.2) is 53.0 Å². The first-order valence-electron chi connectivity index (χ1n) is 7.44. The lowest BCUT2D eigenvalue weighted by atomic mass is 10.1. The second-order valence-corrected chi connectivity index (χ2v) is 6.69. The molecular formula is C18H18BrClN2O2. The van der Waals surface area contributed by atoms with Crippen molar-refractivity contribution in [2.75, 3.05) is 13.6 Å². The number of carbonyl (C=O) groups excluding carboxylic acids is 2. The Morgan fingerprint density at radius 1 is 1.17 bits per heavy atom. The van der Waals surface area contributed by atoms with Gasteiger partial charge < -0.3 is 10.2 Å². The van der Waals surface area contributed by atoms with Crippen molar-refractivity contribution < 1.29 is 9.59 Å². The summed E-state index contributed by atoms with van der Waals surface area (Å²) in [4.78, 5) is 26.1. The lowest BCUT2D eigenvalue weighted by Crippen LogP contribution is -2.39. The average Bonchev–Trinajstić information content (AvgIpc) is 2.59. The Kier molecular flexibility index (Phi) is 6.40. The van der Waals surface area contributed by atoms with E-state index < -0.39 is 0 Å². The number of benzene rings is 2. The second kappa shape index (κ2) is 8.31. The smallest absolute Gasteiger partial charge is 0.252 e. The van der Waals surface area contributed by atoms with Crippen molar-refractivity contribution in [3.8, 4) is 0 Å². The van der Waals surface area contributed by atoms with Gasteiger partial charge in [0.15, 0.2) is 0 Å². The zero-order valence-electron chi connectivity index (χ0n) is 13.4. The molecule has 6 heteroatoms. The van der Waals surface area contributed by atoms with Crippen molar-refractivity contribution in [1.29, 1.82) is 0 Å². The summed E-state index contributed by atoms with van der Waals surface area (Å²) in [6.45, 7) is 1.87. The summed E-state index contributed by atoms with van der Waals surface area (Å²) in [5.74, 6) is -0.457. The molecule has 0 spiro atoms. The van der Waals surface area contributed by atoms with E-state index in [9.17, 15) is 9.59 Å². The highest BCUT2D eigenvalue weighted by molar-refractivity contribution is 9.10. The number of amides is 2. The molecule has 0 saturated heterocycles. The third-order valence-corrected chi connectivity index (χ3v) is 4.79. The van der Waals surface area contributed by atoms with Crippen LogP contribution in [-0.4, -0.2) is 30.3 Å². The number of hydrogen-bond donors (Lipinski definition) is 1. The summed E-state index contributed by atoms with van der Waals surface area (Å²) in [5.41, 5.74) is 1.48. The molecule has 0 heterocycles. The normalized spacial score (nSPS) is 11.7. The molecule has 1 atom stereocenters. The Morgan fingerprint density at radius 2 is 1.79 bits per heavy atom. The van der Waals surface area contributed by atoms with Crippen LogP contribution in [0.5, 0.6) is 0 Å². The molecule has 24 heavy (non-hydrogen) atoms. The molecule has 4 nitrogen and oxygen atoms in total. The quantitative estimate of drug-likeness (QED) is 0.810. The van der Waals surface area contributed by atoms with Crippen LogP contribution in [0.1, 0.15) is 28.9 Å². The molecule has 0 aliphatic rings. The maximum Gasteiger partial charge on any atom is 0.252 e. The van der Waals surface area contributed by atoms with Gasteiger partial charge in [-0.05, 0) is 52.7 Å². The fourth-order valence-corrected chi connectivity index (χ4v) is 2.79. The lowest BCUT2D eigenvalue weighted by Gasteiger charge is -2.25. The first-order valence-corrected chi connectivity index (χ1v) is 8.61. The van der Waals surface area contributed by atoms with Gasteiger partial charge in [-0.15, -0.1) is 0 Å². The molecule has 2 rings (SSSR count). The predicted molar refractivity (Wildman–Crippen MR) is 99.1 cm³/mol. The number of halogens is 2. The van der Waals surface area contributed by atoms with E-state index >= 15 is 0 Å². The molecule has 0 aromatic heterocycles. The molecule has 1 N–H and O–H groups in total. The molecule has 2 aromatic carbocycles. The number of likely N-dealkylation sites (N-methyl/N-ethyl adjacent to an activating group) is 1. The number of nitrogens with zero attached hydrogens (tertiary/aromatic N) is 1. The van der Waals surface area contributed by atoms with Crippen LogP contribution in [0.25, 0.3) is 0 Å². The average molecular weight is 410 g/mol. The Labute approximate surface area is 154 Å². The van der Waals surface area contributed by atoms with E-state index in [4.69, 9.17) is 11.6 Å². The molecule has 0 saturated carbocycles. The van der Waals surface area contributed by atoms with Gasteiger partial charge in [0.25, 0.3) is 5.91 Å². The van der Waals surface area contributed by atoms with Crippen LogP contribution in [-0.2, 0) is 4.79 Å². The van der Waals surface area contributed by atoms with Crippen LogP contribution in [0.3, 0.4) is 0 Å². The summed E-state index contributed by atoms with van der Waals surface area (Å²) < 4.78 is 0.692. The molecule has 0 aliphatic heterocycles. The fourth-order valence-electron chi connectivity index (χ4n) is 2.20. The monoisotopic (exact) mass is 408 g/mol. The number of rotatable bonds is 5. The zero-order chi connectivity index (χ0) is 17.7. The minimum atomic E-state index is -0.289. The highest BCUT2D eigenvalue weighted by atomic mass is 79.9. The molecule has 126 valence electrons. The van der Waals surface area contributed by atoms with Crippen molar-refractivity contribution in [2.24, 2.45) is 0 Å². The Morgan fingerprint density at radius 3 is 2.42 bits per heavy atom. The van der Waals surface area contributed by atoms with Crippen molar-refractivity contribution in [3.05, 3.63) is 69.2 Å². The van der Waals surface area contributed by atoms with Crippen molar-refractivity contribution in [1.82, 2.24) is 10.2 Å². The third-order valence-electron chi connectivity index (χ3n) is 3.85. The van der Waals surface area contributed by atoms with Crippen LogP contribution >= 0.6 is 27.5 Å². The Bertz CT molecular complexity index is 734. The van der Waals surface area contributed by atoms with E-state index in [1.807, 2.05) is 25.1 Å². The van der Waals surface area contributed by atoms with Gasteiger partial charge in [-0.1, -0.05) is 35.9 Å². The highest BCUT2D eigenvalue weighted by Crippen LogP contribution is 2.21. The van der Waals surface area contributed by atoms with Gasteiger partial charge in [-0.3, -0.25) is 9.59 Å². The second-order valence-electron chi connectivity index (χ2n) is 5.39. The predicted octanol–water partition coefficient (Wildman–Crippen LogP) is 4.05. The summed E-state index contributed by atoms with van der Waals surface area (Å²) in [6, 6.07) is 14.3. The molecule has 2 amide bonds. The maximum atomic E-state index is 12.3. The maximum absolute atomic E-state index is 12.3. The van der Waals surface area contributed by atoms with Gasteiger partial charge >= 0.3 is 0 Å². The van der Waals surface area contributed by atoms with Gasteiger partial charge in [0.05, 0.1) is 18.2 Å². The van der Waals surface area contributed by atoms with E-state index in [1.165, 1.54) is 0 Å². The number of hydrogen-bond acceptors (Lipinski definition) is 2. The highest BCUT2D eigenvalue weighted by Gasteiger charge is 2.18. The molecular weight excluding hydrogens is 392 g/mol. The first kappa shape index (κ1) is 18.5. The van der Waals surface area contributed by atoms with E-state index in [-0.39, 0.29) is 24.4 Å². The molecule has 0 bridgehead atoms. The molecule has 2 aromatic rings.